The molecule has 1 fully saturated rings. The van der Waals surface area contributed by atoms with E-state index in [9.17, 15) is 0 Å². The van der Waals surface area contributed by atoms with Gasteiger partial charge in [-0.15, -0.1) is 0 Å². The van der Waals surface area contributed by atoms with Crippen molar-refractivity contribution in [3.05, 3.63) is 139 Å². The Morgan fingerprint density at radius 1 is 0.442 bits per heavy atom. The third-order valence-electron chi connectivity index (χ3n) is 10.3. The normalized spacial score (nSPS) is 17.5. The fraction of sp³-hybridized carbons (Fsp3) is 0.119. The first-order chi connectivity index (χ1) is 21.3. The van der Waals surface area contributed by atoms with Gasteiger partial charge in [-0.1, -0.05) is 103 Å². The van der Waals surface area contributed by atoms with E-state index in [1.165, 1.54) is 102 Å². The molecule has 0 amide bonds. The van der Waals surface area contributed by atoms with Gasteiger partial charge in [0.25, 0.3) is 0 Å². The summed E-state index contributed by atoms with van der Waals surface area (Å²) in [4.78, 5) is 5.71. The minimum Gasteiger partial charge on any atom is -0.247 e. The molecule has 1 nitrogen and oxygen atoms in total. The zero-order valence-electron chi connectivity index (χ0n) is 23.8. The molecule has 10 rings (SSSR count). The first-order valence-electron chi connectivity index (χ1n) is 15.6. The molecule has 43 heavy (non-hydrogen) atoms. The maximum atomic E-state index is 5.71. The van der Waals surface area contributed by atoms with Crippen molar-refractivity contribution in [2.45, 2.75) is 31.1 Å². The predicted octanol–water partition coefficient (Wildman–Crippen LogP) is 11.5. The van der Waals surface area contributed by atoms with Gasteiger partial charge >= 0.3 is 0 Å². The highest BCUT2D eigenvalue weighted by Gasteiger charge is 2.41. The summed E-state index contributed by atoms with van der Waals surface area (Å²) in [5.41, 5.74) is 11.6. The van der Waals surface area contributed by atoms with Crippen LogP contribution in [-0.4, -0.2) is 4.98 Å². The molecular weight excluding hydrogens is 518 g/mol. The summed E-state index contributed by atoms with van der Waals surface area (Å²) in [6.07, 6.45) is 3.83. The van der Waals surface area contributed by atoms with Gasteiger partial charge < -0.3 is 0 Å². The SMILES string of the molecule is c1ccc(-c2cc(-c3ccccc3)cc(-c3nc4c(cc5ccc6cccc7ccc4c5c67)c4c3C3CCC4C3)c2)cc1. The van der Waals surface area contributed by atoms with Crippen molar-refractivity contribution in [1.82, 2.24) is 4.98 Å². The number of hydrogen-bond donors (Lipinski definition) is 0. The molecule has 0 N–H and O–H groups in total. The van der Waals surface area contributed by atoms with Gasteiger partial charge in [-0.3, -0.25) is 0 Å². The second-order valence-electron chi connectivity index (χ2n) is 12.7. The molecule has 2 unspecified atom stereocenters. The summed E-state index contributed by atoms with van der Waals surface area (Å²) in [5.74, 6) is 1.22. The quantitative estimate of drug-likeness (QED) is 0.158. The Morgan fingerprint density at radius 2 is 1.05 bits per heavy atom. The van der Waals surface area contributed by atoms with Crippen molar-refractivity contribution in [3.63, 3.8) is 0 Å². The summed E-state index contributed by atoms with van der Waals surface area (Å²) in [7, 11) is 0. The van der Waals surface area contributed by atoms with E-state index in [0.29, 0.717) is 11.8 Å². The molecule has 1 aromatic heterocycles. The summed E-state index contributed by atoms with van der Waals surface area (Å²) >= 11 is 0. The largest absolute Gasteiger partial charge is 0.247 e. The molecular formula is C42H29N. The lowest BCUT2D eigenvalue weighted by molar-refractivity contribution is 0.720. The number of pyridine rings is 1. The standard InChI is InChI=1S/C42H29N/c1-3-8-25(9-4-1)32-21-33(26-10-5-2-6-11-26)23-34(22-32)41-40-30-17-16-29(20-30)39(40)36-24-31-15-14-27-12-7-13-28-18-19-35(42(36)43-41)38(31)37(27)28/h1-15,18-19,21-24,29-30H,16-17,20H2. The van der Waals surface area contributed by atoms with Gasteiger partial charge in [0.2, 0.25) is 0 Å². The van der Waals surface area contributed by atoms with E-state index in [2.05, 4.69) is 127 Å². The van der Waals surface area contributed by atoms with Gasteiger partial charge in [-0.25, -0.2) is 4.98 Å². The lowest BCUT2D eigenvalue weighted by atomic mass is 9.83. The first kappa shape index (κ1) is 23.5. The van der Waals surface area contributed by atoms with E-state index in [0.717, 1.165) is 0 Å². The van der Waals surface area contributed by atoms with E-state index in [1.54, 1.807) is 5.56 Å². The molecule has 1 saturated carbocycles. The van der Waals surface area contributed by atoms with Crippen LogP contribution < -0.4 is 0 Å². The maximum absolute atomic E-state index is 5.71. The fourth-order valence-corrected chi connectivity index (χ4v) is 8.50. The molecule has 1 heteroatoms. The summed E-state index contributed by atoms with van der Waals surface area (Å²) in [6.45, 7) is 0. The fourth-order valence-electron chi connectivity index (χ4n) is 8.50. The molecule has 2 aliphatic carbocycles. The summed E-state index contributed by atoms with van der Waals surface area (Å²) in [5, 5.41) is 9.32. The van der Waals surface area contributed by atoms with Crippen molar-refractivity contribution in [2.24, 2.45) is 0 Å². The number of nitrogens with zero attached hydrogens (tertiary/aromatic N) is 1. The molecule has 2 bridgehead atoms. The van der Waals surface area contributed by atoms with Crippen molar-refractivity contribution in [3.8, 4) is 33.5 Å². The predicted molar refractivity (Wildman–Crippen MR) is 181 cm³/mol. The van der Waals surface area contributed by atoms with Crippen LogP contribution >= 0.6 is 0 Å². The van der Waals surface area contributed by atoms with Gasteiger partial charge in [0.15, 0.2) is 0 Å². The van der Waals surface area contributed by atoms with Gasteiger partial charge in [0.1, 0.15) is 0 Å². The zero-order valence-corrected chi connectivity index (χ0v) is 23.8. The molecule has 7 aromatic carbocycles. The lowest BCUT2D eigenvalue weighted by Crippen LogP contribution is -2.05. The Balaban J connectivity index is 1.33. The van der Waals surface area contributed by atoms with Crippen LogP contribution in [0, 0.1) is 0 Å². The third-order valence-corrected chi connectivity index (χ3v) is 10.3. The van der Waals surface area contributed by atoms with Crippen LogP contribution in [0.5, 0.6) is 0 Å². The topological polar surface area (TPSA) is 12.9 Å². The molecule has 2 atom stereocenters. The monoisotopic (exact) mass is 547 g/mol. The molecule has 1 heterocycles. The summed E-state index contributed by atoms with van der Waals surface area (Å²) < 4.78 is 0. The second-order valence-corrected chi connectivity index (χ2v) is 12.7. The van der Waals surface area contributed by atoms with Crippen molar-refractivity contribution in [2.75, 3.05) is 0 Å². The second kappa shape index (κ2) is 8.75. The van der Waals surface area contributed by atoms with Gasteiger partial charge in [0.05, 0.1) is 11.2 Å². The first-order valence-corrected chi connectivity index (χ1v) is 15.6. The highest BCUT2D eigenvalue weighted by atomic mass is 14.7. The summed E-state index contributed by atoms with van der Waals surface area (Å²) in [6, 6.07) is 47.1. The number of hydrogen-bond acceptors (Lipinski definition) is 1. The van der Waals surface area contributed by atoms with E-state index in [4.69, 9.17) is 4.98 Å². The number of rotatable bonds is 3. The van der Waals surface area contributed by atoms with Crippen molar-refractivity contribution in [1.29, 1.82) is 0 Å². The average molecular weight is 548 g/mol. The Kier molecular flexibility index (Phi) is 4.79. The zero-order chi connectivity index (χ0) is 28.1. The van der Waals surface area contributed by atoms with Gasteiger partial charge in [0, 0.05) is 16.3 Å². The third kappa shape index (κ3) is 3.37. The van der Waals surface area contributed by atoms with Crippen LogP contribution in [0.3, 0.4) is 0 Å². The minimum atomic E-state index is 0.596. The molecule has 0 spiro atoms. The maximum Gasteiger partial charge on any atom is 0.0791 e. The van der Waals surface area contributed by atoms with Gasteiger partial charge in [-0.05, 0) is 116 Å². The average Bonchev–Trinajstić information content (AvgIpc) is 3.71. The Bertz CT molecular complexity index is 2290. The van der Waals surface area contributed by atoms with E-state index in [-0.39, 0.29) is 0 Å². The number of aromatic nitrogens is 1. The van der Waals surface area contributed by atoms with Crippen LogP contribution in [0.4, 0.5) is 0 Å². The smallest absolute Gasteiger partial charge is 0.0791 e. The van der Waals surface area contributed by atoms with Crippen LogP contribution in [-0.2, 0) is 0 Å². The van der Waals surface area contributed by atoms with E-state index >= 15 is 0 Å². The molecule has 202 valence electrons. The van der Waals surface area contributed by atoms with Crippen LogP contribution in [0.15, 0.2) is 127 Å². The van der Waals surface area contributed by atoms with E-state index < -0.39 is 0 Å². The Hall–Kier alpha value is -5.01. The van der Waals surface area contributed by atoms with Crippen LogP contribution in [0.25, 0.3) is 76.7 Å². The van der Waals surface area contributed by atoms with Crippen molar-refractivity contribution >= 4 is 43.2 Å². The lowest BCUT2D eigenvalue weighted by Gasteiger charge is -2.23. The number of fused-ring (bicyclic) bond motifs is 8. The number of benzene rings is 7. The molecule has 2 aliphatic rings. The van der Waals surface area contributed by atoms with Crippen molar-refractivity contribution < 1.29 is 0 Å². The molecule has 0 radical (unpaired) electrons. The molecule has 8 aromatic rings. The van der Waals surface area contributed by atoms with Crippen LogP contribution in [0.2, 0.25) is 0 Å². The van der Waals surface area contributed by atoms with E-state index in [1.807, 2.05) is 0 Å². The van der Waals surface area contributed by atoms with Crippen LogP contribution in [0.1, 0.15) is 42.2 Å². The van der Waals surface area contributed by atoms with Gasteiger partial charge in [-0.2, -0.15) is 0 Å². The Labute approximate surface area is 250 Å². The highest BCUT2D eigenvalue weighted by Crippen LogP contribution is 2.58. The highest BCUT2D eigenvalue weighted by molar-refractivity contribution is 6.28. The minimum absolute atomic E-state index is 0.596. The molecule has 0 saturated heterocycles. The Morgan fingerprint density at radius 3 is 1.74 bits per heavy atom. The molecule has 0 aliphatic heterocycles.